The SMILES string of the molecule is COc1ccc(C2C(C)C2CCCN)c(CO)c1. The van der Waals surface area contributed by atoms with Crippen LogP contribution in [0.15, 0.2) is 18.2 Å². The Bertz CT molecular complexity index is 405. The summed E-state index contributed by atoms with van der Waals surface area (Å²) < 4.78 is 5.20. The van der Waals surface area contributed by atoms with Crippen LogP contribution >= 0.6 is 0 Å². The third-order valence-electron chi connectivity index (χ3n) is 4.18. The molecule has 1 aromatic carbocycles. The van der Waals surface area contributed by atoms with Gasteiger partial charge in [-0.15, -0.1) is 0 Å². The van der Waals surface area contributed by atoms with Crippen LogP contribution in [0.4, 0.5) is 0 Å². The molecule has 1 aliphatic carbocycles. The van der Waals surface area contributed by atoms with Crippen molar-refractivity contribution in [2.45, 2.75) is 32.3 Å². The van der Waals surface area contributed by atoms with E-state index in [-0.39, 0.29) is 6.61 Å². The summed E-state index contributed by atoms with van der Waals surface area (Å²) in [6.45, 7) is 3.14. The fourth-order valence-electron chi connectivity index (χ4n) is 3.03. The summed E-state index contributed by atoms with van der Waals surface area (Å²) in [4.78, 5) is 0. The molecule has 0 spiro atoms. The van der Waals surface area contributed by atoms with E-state index in [0.717, 1.165) is 30.2 Å². The van der Waals surface area contributed by atoms with Gasteiger partial charge in [0.2, 0.25) is 0 Å². The normalized spacial score (nSPS) is 26.1. The van der Waals surface area contributed by atoms with Gasteiger partial charge in [-0.25, -0.2) is 0 Å². The Morgan fingerprint density at radius 2 is 2.17 bits per heavy atom. The molecule has 100 valence electrons. The summed E-state index contributed by atoms with van der Waals surface area (Å²) in [5.74, 6) is 2.83. The van der Waals surface area contributed by atoms with Crippen molar-refractivity contribution in [2.75, 3.05) is 13.7 Å². The molecule has 1 aromatic rings. The summed E-state index contributed by atoms with van der Waals surface area (Å²) in [5.41, 5.74) is 7.86. The highest BCUT2D eigenvalue weighted by molar-refractivity contribution is 5.40. The van der Waals surface area contributed by atoms with Crippen molar-refractivity contribution in [3.63, 3.8) is 0 Å². The third-order valence-corrected chi connectivity index (χ3v) is 4.18. The summed E-state index contributed by atoms with van der Waals surface area (Å²) in [6, 6.07) is 6.04. The van der Waals surface area contributed by atoms with Crippen LogP contribution in [-0.4, -0.2) is 18.8 Å². The quantitative estimate of drug-likeness (QED) is 0.813. The highest BCUT2D eigenvalue weighted by Crippen LogP contribution is 2.56. The number of nitrogens with two attached hydrogens (primary N) is 1. The molecule has 3 unspecified atom stereocenters. The van der Waals surface area contributed by atoms with Crippen LogP contribution in [0.25, 0.3) is 0 Å². The van der Waals surface area contributed by atoms with Crippen LogP contribution in [0.1, 0.15) is 36.8 Å². The van der Waals surface area contributed by atoms with Crippen LogP contribution < -0.4 is 10.5 Å². The van der Waals surface area contributed by atoms with E-state index in [1.165, 1.54) is 12.0 Å². The predicted octanol–water partition coefficient (Wildman–Crippen LogP) is 2.28. The smallest absolute Gasteiger partial charge is 0.119 e. The average molecular weight is 249 g/mol. The highest BCUT2D eigenvalue weighted by Gasteiger charge is 2.47. The first-order chi connectivity index (χ1) is 8.72. The van der Waals surface area contributed by atoms with Gasteiger partial charge in [0.15, 0.2) is 0 Å². The standard InChI is InChI=1S/C15H23NO2/c1-10-13(4-3-7-16)15(10)14-6-5-12(18-2)8-11(14)9-17/h5-6,8,10,13,15,17H,3-4,7,9,16H2,1-2H3. The molecule has 0 saturated heterocycles. The average Bonchev–Trinajstić information content (AvgIpc) is 3.05. The number of methoxy groups -OCH3 is 1. The monoisotopic (exact) mass is 249 g/mol. The molecule has 3 atom stereocenters. The van der Waals surface area contributed by atoms with Gasteiger partial charge in [0.1, 0.15) is 5.75 Å². The van der Waals surface area contributed by atoms with Crippen molar-refractivity contribution in [1.82, 2.24) is 0 Å². The number of benzene rings is 1. The van der Waals surface area contributed by atoms with Crippen molar-refractivity contribution in [3.8, 4) is 5.75 Å². The van der Waals surface area contributed by atoms with E-state index < -0.39 is 0 Å². The molecular formula is C15H23NO2. The molecule has 0 aromatic heterocycles. The van der Waals surface area contributed by atoms with Crippen molar-refractivity contribution in [3.05, 3.63) is 29.3 Å². The molecule has 1 aliphatic rings. The van der Waals surface area contributed by atoms with Crippen LogP contribution in [0.3, 0.4) is 0 Å². The lowest BCUT2D eigenvalue weighted by Gasteiger charge is -2.09. The van der Waals surface area contributed by atoms with Crippen molar-refractivity contribution in [1.29, 1.82) is 0 Å². The molecule has 18 heavy (non-hydrogen) atoms. The van der Waals surface area contributed by atoms with Crippen molar-refractivity contribution in [2.24, 2.45) is 17.6 Å². The fraction of sp³-hybridized carbons (Fsp3) is 0.600. The van der Waals surface area contributed by atoms with Crippen molar-refractivity contribution >= 4 is 0 Å². The Hall–Kier alpha value is -1.06. The minimum atomic E-state index is 0.0827. The van der Waals surface area contributed by atoms with Gasteiger partial charge in [-0.05, 0) is 60.4 Å². The maximum absolute atomic E-state index is 9.49. The summed E-state index contributed by atoms with van der Waals surface area (Å²) >= 11 is 0. The largest absolute Gasteiger partial charge is 0.497 e. The van der Waals surface area contributed by atoms with Gasteiger partial charge < -0.3 is 15.6 Å². The summed E-state index contributed by atoms with van der Waals surface area (Å²) in [6.07, 6.45) is 2.29. The Kier molecular flexibility index (Phi) is 4.25. The molecule has 3 N–H and O–H groups in total. The van der Waals surface area contributed by atoms with Crippen LogP contribution in [-0.2, 0) is 6.61 Å². The first-order valence-corrected chi connectivity index (χ1v) is 6.70. The molecule has 1 fully saturated rings. The van der Waals surface area contributed by atoms with Gasteiger partial charge in [-0.2, -0.15) is 0 Å². The maximum atomic E-state index is 9.49. The minimum absolute atomic E-state index is 0.0827. The van der Waals surface area contributed by atoms with Crippen LogP contribution in [0.2, 0.25) is 0 Å². The fourth-order valence-corrected chi connectivity index (χ4v) is 3.03. The zero-order valence-electron chi connectivity index (χ0n) is 11.2. The van der Waals surface area contributed by atoms with Crippen LogP contribution in [0, 0.1) is 11.8 Å². The second-order valence-electron chi connectivity index (χ2n) is 5.20. The van der Waals surface area contributed by atoms with E-state index in [1.807, 2.05) is 12.1 Å². The Labute approximate surface area is 109 Å². The van der Waals surface area contributed by atoms with E-state index in [1.54, 1.807) is 7.11 Å². The second-order valence-corrected chi connectivity index (χ2v) is 5.20. The van der Waals surface area contributed by atoms with E-state index in [9.17, 15) is 5.11 Å². The number of hydrogen-bond acceptors (Lipinski definition) is 3. The molecule has 2 rings (SSSR count). The lowest BCUT2D eigenvalue weighted by atomic mass is 10.0. The zero-order chi connectivity index (χ0) is 13.1. The minimum Gasteiger partial charge on any atom is -0.497 e. The molecule has 0 heterocycles. The van der Waals surface area contributed by atoms with Gasteiger partial charge in [-0.1, -0.05) is 13.0 Å². The molecule has 1 saturated carbocycles. The molecule has 0 amide bonds. The Balaban J connectivity index is 2.14. The molecule has 3 nitrogen and oxygen atoms in total. The highest BCUT2D eigenvalue weighted by atomic mass is 16.5. The molecule has 0 radical (unpaired) electrons. The second kappa shape index (κ2) is 5.72. The number of aliphatic hydroxyl groups is 1. The molecule has 3 heteroatoms. The predicted molar refractivity (Wildman–Crippen MR) is 72.6 cm³/mol. The molecule has 0 bridgehead atoms. The lowest BCUT2D eigenvalue weighted by Crippen LogP contribution is -1.99. The van der Waals surface area contributed by atoms with Gasteiger partial charge in [0.25, 0.3) is 0 Å². The zero-order valence-corrected chi connectivity index (χ0v) is 11.2. The Morgan fingerprint density at radius 1 is 1.39 bits per heavy atom. The molecular weight excluding hydrogens is 226 g/mol. The Morgan fingerprint density at radius 3 is 2.78 bits per heavy atom. The van der Waals surface area contributed by atoms with E-state index in [4.69, 9.17) is 10.5 Å². The molecule has 0 aliphatic heterocycles. The number of aliphatic hydroxyl groups excluding tert-OH is 1. The summed E-state index contributed by atoms with van der Waals surface area (Å²) in [7, 11) is 1.65. The van der Waals surface area contributed by atoms with Crippen molar-refractivity contribution < 1.29 is 9.84 Å². The first-order valence-electron chi connectivity index (χ1n) is 6.70. The number of ether oxygens (including phenoxy) is 1. The lowest BCUT2D eigenvalue weighted by molar-refractivity contribution is 0.279. The van der Waals surface area contributed by atoms with Gasteiger partial charge in [0, 0.05) is 0 Å². The maximum Gasteiger partial charge on any atom is 0.119 e. The van der Waals surface area contributed by atoms with Gasteiger partial charge in [-0.3, -0.25) is 0 Å². The first kappa shape index (κ1) is 13.4. The van der Waals surface area contributed by atoms with Crippen LogP contribution in [0.5, 0.6) is 5.75 Å². The van der Waals surface area contributed by atoms with E-state index in [2.05, 4.69) is 13.0 Å². The van der Waals surface area contributed by atoms with Gasteiger partial charge in [0.05, 0.1) is 13.7 Å². The number of rotatable bonds is 6. The summed E-state index contributed by atoms with van der Waals surface area (Å²) in [5, 5.41) is 9.49. The topological polar surface area (TPSA) is 55.5 Å². The van der Waals surface area contributed by atoms with Gasteiger partial charge >= 0.3 is 0 Å². The van der Waals surface area contributed by atoms with E-state index >= 15 is 0 Å². The number of hydrogen-bond donors (Lipinski definition) is 2. The third kappa shape index (κ3) is 2.52. The van der Waals surface area contributed by atoms with E-state index in [0.29, 0.717) is 11.8 Å².